The van der Waals surface area contributed by atoms with Gasteiger partial charge in [0.2, 0.25) is 5.91 Å². The minimum atomic E-state index is -3.43. The molecule has 3 heterocycles. The Bertz CT molecular complexity index is 1970. The van der Waals surface area contributed by atoms with Crippen LogP contribution in [0, 0.1) is 5.92 Å². The molecular formula is C31H31ClN8O6S. The quantitative estimate of drug-likeness (QED) is 0.210. The zero-order chi connectivity index (χ0) is 33.9. The third-order valence-electron chi connectivity index (χ3n) is 7.25. The van der Waals surface area contributed by atoms with Gasteiger partial charge in [0, 0.05) is 55.9 Å². The molecule has 1 fully saturated rings. The largest absolute Gasteiger partial charge is 0.494 e. The molecule has 0 spiro atoms. The minimum Gasteiger partial charge on any atom is -0.494 e. The van der Waals surface area contributed by atoms with Crippen LogP contribution in [0.25, 0.3) is 11.1 Å². The molecule has 3 aromatic heterocycles. The second-order valence-electron chi connectivity index (χ2n) is 10.8. The number of ether oxygens (including phenoxy) is 1. The second-order valence-corrected chi connectivity index (χ2v) is 13.2. The van der Waals surface area contributed by atoms with Gasteiger partial charge < -0.3 is 25.6 Å². The fraction of sp³-hybridized carbons (Fsp3) is 0.258. The highest BCUT2D eigenvalue weighted by atomic mass is 35.5. The smallest absolute Gasteiger partial charge is 0.273 e. The van der Waals surface area contributed by atoms with Crippen LogP contribution in [0.3, 0.4) is 0 Å². The summed E-state index contributed by atoms with van der Waals surface area (Å²) in [5, 5.41) is 16.8. The van der Waals surface area contributed by atoms with E-state index in [0.717, 1.165) is 19.1 Å². The molecule has 1 aliphatic rings. The SMILES string of the molecule is CNC(=O)c1nnc(NC(=O)C2CC2)cc1Nc1ccc(Cl)c(-c2ccc(C(=O)N(C)Cc3cc(S(C)(=O)=O)ccn3)nc2)c1OC. The molecule has 0 aliphatic heterocycles. The van der Waals surface area contributed by atoms with Crippen molar-refractivity contribution in [1.82, 2.24) is 30.4 Å². The number of benzene rings is 1. The molecule has 47 heavy (non-hydrogen) atoms. The number of hydrogen-bond donors (Lipinski definition) is 3. The van der Waals surface area contributed by atoms with Crippen LogP contribution in [0.15, 0.2) is 59.8 Å². The van der Waals surface area contributed by atoms with Crippen molar-refractivity contribution in [1.29, 1.82) is 0 Å². The number of halogens is 1. The molecule has 0 unspecified atom stereocenters. The first-order chi connectivity index (χ1) is 22.4. The maximum Gasteiger partial charge on any atom is 0.273 e. The molecule has 1 saturated carbocycles. The Morgan fingerprint density at radius 2 is 1.81 bits per heavy atom. The van der Waals surface area contributed by atoms with E-state index in [-0.39, 0.29) is 46.2 Å². The normalized spacial score (nSPS) is 12.6. The highest BCUT2D eigenvalue weighted by Gasteiger charge is 2.30. The zero-order valence-electron chi connectivity index (χ0n) is 25.9. The molecule has 5 rings (SSSR count). The van der Waals surface area contributed by atoms with Crippen molar-refractivity contribution in [2.75, 3.05) is 38.1 Å². The third kappa shape index (κ3) is 7.64. The topological polar surface area (TPSA) is 185 Å². The summed E-state index contributed by atoms with van der Waals surface area (Å²) in [7, 11) is 1.05. The molecule has 0 bridgehead atoms. The Morgan fingerprint density at radius 3 is 2.45 bits per heavy atom. The van der Waals surface area contributed by atoms with Crippen molar-refractivity contribution in [3.63, 3.8) is 0 Å². The Kier molecular flexibility index (Phi) is 9.67. The molecular weight excluding hydrogens is 648 g/mol. The monoisotopic (exact) mass is 678 g/mol. The van der Waals surface area contributed by atoms with Crippen LogP contribution < -0.4 is 20.7 Å². The number of aromatic nitrogens is 4. The minimum absolute atomic E-state index is 0.0117. The van der Waals surface area contributed by atoms with Gasteiger partial charge in [-0.15, -0.1) is 10.2 Å². The summed E-state index contributed by atoms with van der Waals surface area (Å²) in [6.07, 6.45) is 5.59. The number of carbonyl (C=O) groups excluding carboxylic acids is 3. The maximum atomic E-state index is 13.2. The van der Waals surface area contributed by atoms with Crippen LogP contribution in [0.1, 0.15) is 39.5 Å². The van der Waals surface area contributed by atoms with Crippen molar-refractivity contribution in [2.45, 2.75) is 24.3 Å². The second kappa shape index (κ2) is 13.7. The van der Waals surface area contributed by atoms with Gasteiger partial charge in [0.1, 0.15) is 5.69 Å². The molecule has 3 amide bonds. The molecule has 0 saturated heterocycles. The molecule has 0 atom stereocenters. The maximum absolute atomic E-state index is 13.2. The molecule has 16 heteroatoms. The number of carbonyl (C=O) groups is 3. The van der Waals surface area contributed by atoms with E-state index in [1.54, 1.807) is 25.2 Å². The summed E-state index contributed by atoms with van der Waals surface area (Å²) < 4.78 is 29.6. The van der Waals surface area contributed by atoms with E-state index in [4.69, 9.17) is 16.3 Å². The van der Waals surface area contributed by atoms with Crippen LogP contribution >= 0.6 is 11.6 Å². The summed E-state index contributed by atoms with van der Waals surface area (Å²) in [5.41, 5.74) is 2.22. The molecule has 4 aromatic rings. The standard InChI is InChI=1S/C31H31ClN8O6S/c1-33-30(42)27-24(14-25(38-39-27)37-29(41)17-5-6-17)36-22-10-8-21(32)26(28(22)46-3)18-7-9-23(35-15-18)31(43)40(2)16-19-13-20(11-12-34-19)47(4,44)45/h7-15,17H,5-6,16H2,1-4H3,(H,33,42)(H2,36,37,38,41). The van der Waals surface area contributed by atoms with Gasteiger partial charge in [-0.3, -0.25) is 24.4 Å². The van der Waals surface area contributed by atoms with Gasteiger partial charge in [0.25, 0.3) is 11.8 Å². The average molecular weight is 679 g/mol. The van der Waals surface area contributed by atoms with E-state index >= 15 is 0 Å². The van der Waals surface area contributed by atoms with Crippen molar-refractivity contribution < 1.29 is 27.5 Å². The molecule has 1 aliphatic carbocycles. The molecule has 3 N–H and O–H groups in total. The number of hydrogen-bond acceptors (Lipinski definition) is 11. The van der Waals surface area contributed by atoms with Gasteiger partial charge >= 0.3 is 0 Å². The van der Waals surface area contributed by atoms with Crippen molar-refractivity contribution in [3.05, 3.63) is 77.0 Å². The third-order valence-corrected chi connectivity index (χ3v) is 8.67. The van der Waals surface area contributed by atoms with E-state index < -0.39 is 21.7 Å². The number of amides is 3. The molecule has 0 radical (unpaired) electrons. The van der Waals surface area contributed by atoms with Gasteiger partial charge in [-0.25, -0.2) is 8.42 Å². The lowest BCUT2D eigenvalue weighted by atomic mass is 10.0. The van der Waals surface area contributed by atoms with E-state index in [2.05, 4.69) is 36.1 Å². The van der Waals surface area contributed by atoms with Gasteiger partial charge in [0.15, 0.2) is 27.1 Å². The lowest BCUT2D eigenvalue weighted by Gasteiger charge is -2.19. The Labute approximate surface area is 275 Å². The predicted molar refractivity (Wildman–Crippen MR) is 174 cm³/mol. The zero-order valence-corrected chi connectivity index (χ0v) is 27.4. The Balaban J connectivity index is 1.40. The molecule has 14 nitrogen and oxygen atoms in total. The number of nitrogens with one attached hydrogen (secondary N) is 3. The van der Waals surface area contributed by atoms with Crippen molar-refractivity contribution >= 4 is 56.4 Å². The lowest BCUT2D eigenvalue weighted by molar-refractivity contribution is -0.117. The highest BCUT2D eigenvalue weighted by Crippen LogP contribution is 2.43. The van der Waals surface area contributed by atoms with Crippen molar-refractivity contribution in [3.8, 4) is 16.9 Å². The molecule has 1 aromatic carbocycles. The lowest BCUT2D eigenvalue weighted by Crippen LogP contribution is -2.27. The number of sulfone groups is 1. The summed E-state index contributed by atoms with van der Waals surface area (Å²) >= 11 is 6.63. The summed E-state index contributed by atoms with van der Waals surface area (Å²) in [4.78, 5) is 48.1. The Morgan fingerprint density at radius 1 is 1.04 bits per heavy atom. The van der Waals surface area contributed by atoms with Crippen LogP contribution in [0.5, 0.6) is 5.75 Å². The van der Waals surface area contributed by atoms with Gasteiger partial charge in [0.05, 0.1) is 40.6 Å². The van der Waals surface area contributed by atoms with E-state index in [0.29, 0.717) is 33.3 Å². The van der Waals surface area contributed by atoms with Gasteiger partial charge in [-0.05, 0) is 43.2 Å². The number of rotatable bonds is 11. The van der Waals surface area contributed by atoms with E-state index in [1.165, 1.54) is 55.7 Å². The van der Waals surface area contributed by atoms with Crippen molar-refractivity contribution in [2.24, 2.45) is 5.92 Å². The number of pyridine rings is 2. The van der Waals surface area contributed by atoms with Crippen LogP contribution in [0.2, 0.25) is 5.02 Å². The average Bonchev–Trinajstić information content (AvgIpc) is 3.91. The first-order valence-corrected chi connectivity index (χ1v) is 16.6. The summed E-state index contributed by atoms with van der Waals surface area (Å²) in [6.45, 7) is 0.0624. The van der Waals surface area contributed by atoms with E-state index in [1.807, 2.05) is 0 Å². The van der Waals surface area contributed by atoms with Gasteiger partial charge in [-0.1, -0.05) is 17.7 Å². The summed E-state index contributed by atoms with van der Waals surface area (Å²) in [5.74, 6) is -0.635. The van der Waals surface area contributed by atoms with Gasteiger partial charge in [-0.2, -0.15) is 0 Å². The first kappa shape index (κ1) is 33.2. The fourth-order valence-corrected chi connectivity index (χ4v) is 5.56. The van der Waals surface area contributed by atoms with Crippen LogP contribution in [0.4, 0.5) is 17.2 Å². The first-order valence-electron chi connectivity index (χ1n) is 14.3. The van der Waals surface area contributed by atoms with Crippen LogP contribution in [-0.4, -0.2) is 78.7 Å². The number of anilines is 3. The summed E-state index contributed by atoms with van der Waals surface area (Å²) in [6, 6.07) is 10.8. The highest BCUT2D eigenvalue weighted by molar-refractivity contribution is 7.90. The number of methoxy groups -OCH3 is 1. The van der Waals surface area contributed by atoms with Crippen LogP contribution in [-0.2, 0) is 21.2 Å². The number of nitrogens with zero attached hydrogens (tertiary/aromatic N) is 5. The van der Waals surface area contributed by atoms with E-state index in [9.17, 15) is 22.8 Å². The molecule has 244 valence electrons. The Hall–Kier alpha value is -5.15. The fourth-order valence-electron chi connectivity index (χ4n) is 4.64. The predicted octanol–water partition coefficient (Wildman–Crippen LogP) is 3.72.